The van der Waals surface area contributed by atoms with Crippen molar-refractivity contribution in [2.45, 2.75) is 19.3 Å². The van der Waals surface area contributed by atoms with Gasteiger partial charge in [-0.3, -0.25) is 0 Å². The minimum absolute atomic E-state index is 1.04. The first-order chi connectivity index (χ1) is 11.4. The van der Waals surface area contributed by atoms with Crippen LogP contribution in [0.1, 0.15) is 23.1 Å². The van der Waals surface area contributed by atoms with Crippen molar-refractivity contribution >= 4 is 5.82 Å². The Morgan fingerprint density at radius 1 is 0.870 bits per heavy atom. The SMILES string of the molecule is c1ccc2c(c1)Cc1cccc(-c3cnc4c(c3)CCCN4)c1-2. The van der Waals surface area contributed by atoms with Gasteiger partial charge in [-0.2, -0.15) is 0 Å². The number of pyridine rings is 1. The van der Waals surface area contributed by atoms with Crippen molar-refractivity contribution in [2.24, 2.45) is 0 Å². The van der Waals surface area contributed by atoms with Crippen LogP contribution < -0.4 is 5.32 Å². The number of hydrogen-bond donors (Lipinski definition) is 1. The Bertz CT molecular complexity index is 911. The third-order valence-corrected chi connectivity index (χ3v) is 5.01. The molecule has 0 fully saturated rings. The summed E-state index contributed by atoms with van der Waals surface area (Å²) in [6.45, 7) is 1.04. The Balaban J connectivity index is 1.71. The summed E-state index contributed by atoms with van der Waals surface area (Å²) in [5, 5.41) is 3.40. The maximum atomic E-state index is 4.67. The zero-order chi connectivity index (χ0) is 15.2. The first-order valence-corrected chi connectivity index (χ1v) is 8.33. The summed E-state index contributed by atoms with van der Waals surface area (Å²) < 4.78 is 0. The van der Waals surface area contributed by atoms with Gasteiger partial charge in [0.2, 0.25) is 0 Å². The molecule has 2 heteroatoms. The lowest BCUT2D eigenvalue weighted by Crippen LogP contribution is -2.13. The van der Waals surface area contributed by atoms with Gasteiger partial charge < -0.3 is 5.32 Å². The summed E-state index contributed by atoms with van der Waals surface area (Å²) >= 11 is 0. The van der Waals surface area contributed by atoms with Gasteiger partial charge in [-0.1, -0.05) is 42.5 Å². The lowest BCUT2D eigenvalue weighted by atomic mass is 9.93. The molecule has 1 aliphatic heterocycles. The Morgan fingerprint density at radius 3 is 2.74 bits per heavy atom. The second-order valence-corrected chi connectivity index (χ2v) is 6.44. The first kappa shape index (κ1) is 12.9. The summed E-state index contributed by atoms with van der Waals surface area (Å²) in [5.41, 5.74) is 9.54. The number of nitrogens with one attached hydrogen (secondary N) is 1. The van der Waals surface area contributed by atoms with Crippen molar-refractivity contribution in [3.63, 3.8) is 0 Å². The molecule has 0 amide bonds. The number of hydrogen-bond acceptors (Lipinski definition) is 2. The van der Waals surface area contributed by atoms with E-state index in [1.807, 2.05) is 6.20 Å². The van der Waals surface area contributed by atoms with Crippen molar-refractivity contribution in [1.82, 2.24) is 4.98 Å². The fraction of sp³-hybridized carbons (Fsp3) is 0.190. The molecule has 0 unspecified atom stereocenters. The van der Waals surface area contributed by atoms with E-state index in [4.69, 9.17) is 0 Å². The van der Waals surface area contributed by atoms with Crippen LogP contribution in [0.25, 0.3) is 22.3 Å². The quantitative estimate of drug-likeness (QED) is 0.552. The van der Waals surface area contributed by atoms with Crippen molar-refractivity contribution in [3.05, 3.63) is 71.4 Å². The van der Waals surface area contributed by atoms with Crippen LogP contribution in [0, 0.1) is 0 Å². The number of aromatic nitrogens is 1. The molecule has 112 valence electrons. The van der Waals surface area contributed by atoms with Crippen LogP contribution in [-0.2, 0) is 12.8 Å². The van der Waals surface area contributed by atoms with Crippen LogP contribution in [0.5, 0.6) is 0 Å². The molecular weight excluding hydrogens is 280 g/mol. The summed E-state index contributed by atoms with van der Waals surface area (Å²) in [5.74, 6) is 1.06. The predicted octanol–water partition coefficient (Wildman–Crippen LogP) is 4.68. The number of aryl methyl sites for hydroxylation is 1. The molecule has 2 heterocycles. The molecule has 2 aliphatic rings. The molecule has 1 aliphatic carbocycles. The van der Waals surface area contributed by atoms with Crippen molar-refractivity contribution in [1.29, 1.82) is 0 Å². The zero-order valence-electron chi connectivity index (χ0n) is 13.0. The zero-order valence-corrected chi connectivity index (χ0v) is 13.0. The number of fused-ring (bicyclic) bond motifs is 4. The lowest BCUT2D eigenvalue weighted by molar-refractivity contribution is 0.818. The largest absolute Gasteiger partial charge is 0.370 e. The van der Waals surface area contributed by atoms with Gasteiger partial charge in [0.05, 0.1) is 0 Å². The second-order valence-electron chi connectivity index (χ2n) is 6.44. The van der Waals surface area contributed by atoms with Crippen molar-refractivity contribution in [2.75, 3.05) is 11.9 Å². The van der Waals surface area contributed by atoms with Gasteiger partial charge in [0, 0.05) is 18.3 Å². The molecule has 0 saturated heterocycles. The lowest BCUT2D eigenvalue weighted by Gasteiger charge is -2.18. The van der Waals surface area contributed by atoms with E-state index in [0.29, 0.717) is 0 Å². The average Bonchev–Trinajstić information content (AvgIpc) is 3.00. The molecule has 5 rings (SSSR count). The molecule has 2 nitrogen and oxygen atoms in total. The molecule has 1 aromatic heterocycles. The molecule has 1 N–H and O–H groups in total. The number of rotatable bonds is 1. The summed E-state index contributed by atoms with van der Waals surface area (Å²) in [7, 11) is 0. The van der Waals surface area contributed by atoms with Crippen LogP contribution in [0.4, 0.5) is 5.82 Å². The summed E-state index contributed by atoms with van der Waals surface area (Å²) in [6, 6.07) is 17.8. The molecule has 23 heavy (non-hydrogen) atoms. The van der Waals surface area contributed by atoms with Crippen LogP contribution in [0.15, 0.2) is 54.7 Å². The van der Waals surface area contributed by atoms with E-state index in [2.05, 4.69) is 58.8 Å². The fourth-order valence-corrected chi connectivity index (χ4v) is 3.92. The van der Waals surface area contributed by atoms with E-state index in [1.165, 1.54) is 45.4 Å². The predicted molar refractivity (Wildman–Crippen MR) is 94.7 cm³/mol. The normalized spacial score (nSPS) is 14.6. The molecule has 0 bridgehead atoms. The van der Waals surface area contributed by atoms with Gasteiger partial charge in [-0.05, 0) is 58.7 Å². The molecular formula is C21H18N2. The van der Waals surface area contributed by atoms with Gasteiger partial charge in [-0.25, -0.2) is 4.98 Å². The van der Waals surface area contributed by atoms with Crippen molar-refractivity contribution in [3.8, 4) is 22.3 Å². The molecule has 0 spiro atoms. The number of nitrogens with zero attached hydrogens (tertiary/aromatic N) is 1. The van der Waals surface area contributed by atoms with E-state index in [1.54, 1.807) is 0 Å². The highest BCUT2D eigenvalue weighted by molar-refractivity contribution is 5.90. The van der Waals surface area contributed by atoms with Crippen LogP contribution in [0.2, 0.25) is 0 Å². The van der Waals surface area contributed by atoms with Gasteiger partial charge in [0.1, 0.15) is 5.82 Å². The first-order valence-electron chi connectivity index (χ1n) is 8.33. The summed E-state index contributed by atoms with van der Waals surface area (Å²) in [4.78, 5) is 4.67. The van der Waals surface area contributed by atoms with Gasteiger partial charge >= 0.3 is 0 Å². The Labute approximate surface area is 136 Å². The van der Waals surface area contributed by atoms with Crippen molar-refractivity contribution < 1.29 is 0 Å². The van der Waals surface area contributed by atoms with E-state index in [-0.39, 0.29) is 0 Å². The highest BCUT2D eigenvalue weighted by Gasteiger charge is 2.22. The Kier molecular flexibility index (Phi) is 2.77. The van der Waals surface area contributed by atoms with Gasteiger partial charge in [0.25, 0.3) is 0 Å². The fourth-order valence-electron chi connectivity index (χ4n) is 3.92. The molecule has 0 saturated carbocycles. The number of benzene rings is 2. The Hall–Kier alpha value is -2.61. The Morgan fingerprint density at radius 2 is 1.74 bits per heavy atom. The average molecular weight is 298 g/mol. The summed E-state index contributed by atoms with van der Waals surface area (Å²) in [6.07, 6.45) is 5.37. The smallest absolute Gasteiger partial charge is 0.129 e. The minimum atomic E-state index is 1.04. The van der Waals surface area contributed by atoms with E-state index in [9.17, 15) is 0 Å². The van der Waals surface area contributed by atoms with Crippen LogP contribution in [0.3, 0.4) is 0 Å². The highest BCUT2D eigenvalue weighted by atomic mass is 15.0. The van der Waals surface area contributed by atoms with Gasteiger partial charge in [-0.15, -0.1) is 0 Å². The third-order valence-electron chi connectivity index (χ3n) is 5.01. The van der Waals surface area contributed by atoms with E-state index in [0.717, 1.165) is 25.2 Å². The monoisotopic (exact) mass is 298 g/mol. The topological polar surface area (TPSA) is 24.9 Å². The molecule has 0 atom stereocenters. The van der Waals surface area contributed by atoms with Crippen LogP contribution >= 0.6 is 0 Å². The third kappa shape index (κ3) is 1.98. The minimum Gasteiger partial charge on any atom is -0.370 e. The number of anilines is 1. The maximum absolute atomic E-state index is 4.67. The molecule has 2 aromatic carbocycles. The molecule has 0 radical (unpaired) electrons. The standard InChI is InChI=1S/C21H18N2/c1-2-8-18-14(5-1)11-15-6-3-9-19(20(15)18)17-12-16-7-4-10-22-21(16)23-13-17/h1-3,5-6,8-9,12-13H,4,7,10-11H2,(H,22,23). The highest BCUT2D eigenvalue weighted by Crippen LogP contribution is 2.43. The maximum Gasteiger partial charge on any atom is 0.129 e. The van der Waals surface area contributed by atoms with E-state index >= 15 is 0 Å². The second kappa shape index (κ2) is 4.95. The van der Waals surface area contributed by atoms with Crippen LogP contribution in [-0.4, -0.2) is 11.5 Å². The molecule has 3 aromatic rings. The van der Waals surface area contributed by atoms with Gasteiger partial charge in [0.15, 0.2) is 0 Å². The van der Waals surface area contributed by atoms with E-state index < -0.39 is 0 Å².